The van der Waals surface area contributed by atoms with Gasteiger partial charge in [0.25, 0.3) is 11.6 Å². The van der Waals surface area contributed by atoms with Crippen molar-refractivity contribution in [3.63, 3.8) is 0 Å². The summed E-state index contributed by atoms with van der Waals surface area (Å²) in [6.07, 6.45) is 1.33. The average molecular weight is 307 g/mol. The van der Waals surface area contributed by atoms with Crippen molar-refractivity contribution in [3.05, 3.63) is 81.4 Å². The summed E-state index contributed by atoms with van der Waals surface area (Å²) in [6.45, 7) is 0.299. The van der Waals surface area contributed by atoms with Gasteiger partial charge in [0.1, 0.15) is 11.6 Å². The lowest BCUT2D eigenvalue weighted by molar-refractivity contribution is -0.384. The Morgan fingerprint density at radius 3 is 2.61 bits per heavy atom. The monoisotopic (exact) mass is 307 g/mol. The van der Waals surface area contributed by atoms with Crippen molar-refractivity contribution in [2.45, 2.75) is 6.54 Å². The Bertz CT molecular complexity index is 792. The first-order valence-corrected chi connectivity index (χ1v) is 6.78. The van der Waals surface area contributed by atoms with Crippen molar-refractivity contribution in [2.24, 2.45) is 0 Å². The second kappa shape index (κ2) is 7.52. The number of hydrogen-bond acceptors (Lipinski definition) is 4. The van der Waals surface area contributed by atoms with Gasteiger partial charge >= 0.3 is 0 Å². The fourth-order valence-electron chi connectivity index (χ4n) is 1.92. The first-order chi connectivity index (χ1) is 11.1. The molecule has 0 spiro atoms. The van der Waals surface area contributed by atoms with Crippen LogP contribution in [0, 0.1) is 21.4 Å². The summed E-state index contributed by atoms with van der Waals surface area (Å²) in [5.41, 5.74) is 1.13. The van der Waals surface area contributed by atoms with Crippen molar-refractivity contribution < 1.29 is 9.72 Å². The Hall–Kier alpha value is -3.46. The molecule has 0 aliphatic carbocycles. The maximum absolute atomic E-state index is 12.0. The number of amides is 1. The molecule has 0 aliphatic rings. The molecule has 0 fully saturated rings. The lowest BCUT2D eigenvalue weighted by Gasteiger charge is -2.04. The van der Waals surface area contributed by atoms with E-state index in [-0.39, 0.29) is 11.3 Å². The fourth-order valence-corrected chi connectivity index (χ4v) is 1.92. The van der Waals surface area contributed by atoms with Crippen LogP contribution in [0.15, 0.2) is 60.2 Å². The van der Waals surface area contributed by atoms with Crippen molar-refractivity contribution in [1.29, 1.82) is 5.26 Å². The van der Waals surface area contributed by atoms with E-state index in [1.807, 2.05) is 36.4 Å². The third-order valence-electron chi connectivity index (χ3n) is 3.05. The lowest BCUT2D eigenvalue weighted by atomic mass is 10.1. The summed E-state index contributed by atoms with van der Waals surface area (Å²) in [4.78, 5) is 22.2. The predicted molar refractivity (Wildman–Crippen MR) is 85.0 cm³/mol. The zero-order valence-corrected chi connectivity index (χ0v) is 12.1. The highest BCUT2D eigenvalue weighted by atomic mass is 16.6. The van der Waals surface area contributed by atoms with Gasteiger partial charge in [0.05, 0.1) is 4.92 Å². The van der Waals surface area contributed by atoms with Crippen molar-refractivity contribution in [2.75, 3.05) is 0 Å². The van der Waals surface area contributed by atoms with Crippen molar-refractivity contribution in [1.82, 2.24) is 5.32 Å². The van der Waals surface area contributed by atoms with Crippen LogP contribution in [-0.4, -0.2) is 10.8 Å². The Morgan fingerprint density at radius 1 is 1.22 bits per heavy atom. The summed E-state index contributed by atoms with van der Waals surface area (Å²) in [5, 5.41) is 22.5. The molecule has 0 aromatic heterocycles. The second-order valence-electron chi connectivity index (χ2n) is 4.69. The van der Waals surface area contributed by atoms with Crippen LogP contribution in [-0.2, 0) is 11.3 Å². The third-order valence-corrected chi connectivity index (χ3v) is 3.05. The summed E-state index contributed by atoms with van der Waals surface area (Å²) in [7, 11) is 0. The molecule has 0 bridgehead atoms. The van der Waals surface area contributed by atoms with Crippen LogP contribution in [0.3, 0.4) is 0 Å². The smallest absolute Gasteiger partial charge is 0.270 e. The van der Waals surface area contributed by atoms with E-state index in [9.17, 15) is 14.9 Å². The van der Waals surface area contributed by atoms with E-state index < -0.39 is 10.8 Å². The fraction of sp³-hybridized carbons (Fsp3) is 0.0588. The number of nitro groups is 1. The first kappa shape index (κ1) is 15.9. The number of non-ortho nitro benzene ring substituents is 1. The van der Waals surface area contributed by atoms with Crippen LogP contribution >= 0.6 is 0 Å². The number of carbonyl (C=O) groups is 1. The van der Waals surface area contributed by atoms with Crippen LogP contribution in [0.4, 0.5) is 5.69 Å². The van der Waals surface area contributed by atoms with Gasteiger partial charge in [-0.2, -0.15) is 5.26 Å². The maximum Gasteiger partial charge on any atom is 0.270 e. The zero-order chi connectivity index (χ0) is 16.7. The van der Waals surface area contributed by atoms with Gasteiger partial charge in [-0.3, -0.25) is 14.9 Å². The average Bonchev–Trinajstić information content (AvgIpc) is 2.58. The molecular formula is C17H13N3O3. The highest BCUT2D eigenvalue weighted by Crippen LogP contribution is 2.15. The van der Waals surface area contributed by atoms with E-state index in [4.69, 9.17) is 5.26 Å². The summed E-state index contributed by atoms with van der Waals surface area (Å²) < 4.78 is 0. The van der Waals surface area contributed by atoms with Gasteiger partial charge in [-0.25, -0.2) is 0 Å². The highest BCUT2D eigenvalue weighted by molar-refractivity contribution is 6.01. The van der Waals surface area contributed by atoms with Gasteiger partial charge in [0.2, 0.25) is 0 Å². The summed E-state index contributed by atoms with van der Waals surface area (Å²) >= 11 is 0. The number of hydrogen-bond donors (Lipinski definition) is 1. The minimum atomic E-state index is -0.529. The SMILES string of the molecule is N#C/C(=C\c1cccc([N+](=O)[O-])c1)C(=O)NCc1ccccc1. The Kier molecular flexibility index (Phi) is 5.21. The third kappa shape index (κ3) is 4.51. The predicted octanol–water partition coefficient (Wildman–Crippen LogP) is 2.82. The van der Waals surface area contributed by atoms with Crippen LogP contribution in [0.5, 0.6) is 0 Å². The lowest BCUT2D eigenvalue weighted by Crippen LogP contribution is -2.23. The molecule has 2 rings (SSSR count). The molecule has 6 nitrogen and oxygen atoms in total. The molecule has 0 heterocycles. The van der Waals surface area contributed by atoms with Crippen LogP contribution in [0.25, 0.3) is 6.08 Å². The number of benzene rings is 2. The van der Waals surface area contributed by atoms with Gasteiger partial charge in [0, 0.05) is 18.7 Å². The molecule has 0 saturated heterocycles. The molecule has 0 aliphatic heterocycles. The van der Waals surface area contributed by atoms with Gasteiger partial charge < -0.3 is 5.32 Å². The van der Waals surface area contributed by atoms with E-state index >= 15 is 0 Å². The standard InChI is InChI=1S/C17H13N3O3/c18-11-15(9-14-7-4-8-16(10-14)20(22)23)17(21)19-12-13-5-2-1-3-6-13/h1-10H,12H2,(H,19,21)/b15-9+. The molecule has 0 saturated carbocycles. The normalized spacial score (nSPS) is 10.7. The molecule has 1 amide bonds. The molecule has 1 N–H and O–H groups in total. The van der Waals surface area contributed by atoms with E-state index in [1.165, 1.54) is 24.3 Å². The Balaban J connectivity index is 2.12. The van der Waals surface area contributed by atoms with Gasteiger partial charge in [-0.15, -0.1) is 0 Å². The molecule has 2 aromatic carbocycles. The van der Waals surface area contributed by atoms with Crippen LogP contribution < -0.4 is 5.32 Å². The largest absolute Gasteiger partial charge is 0.347 e. The molecule has 23 heavy (non-hydrogen) atoms. The highest BCUT2D eigenvalue weighted by Gasteiger charge is 2.10. The molecule has 6 heteroatoms. The molecule has 0 atom stereocenters. The van der Waals surface area contributed by atoms with Gasteiger partial charge in [0.15, 0.2) is 0 Å². The van der Waals surface area contributed by atoms with E-state index in [1.54, 1.807) is 6.07 Å². The number of rotatable bonds is 5. The summed E-state index contributed by atoms with van der Waals surface area (Å²) in [6, 6.07) is 16.9. The van der Waals surface area contributed by atoms with E-state index in [0.717, 1.165) is 5.56 Å². The van der Waals surface area contributed by atoms with E-state index in [2.05, 4.69) is 5.32 Å². The number of nitrogens with one attached hydrogen (secondary N) is 1. The molecule has 0 radical (unpaired) electrons. The Labute approximate surface area is 132 Å². The quantitative estimate of drug-likeness (QED) is 0.397. The number of nitro benzene ring substituents is 1. The minimum absolute atomic E-state index is 0.0965. The topological polar surface area (TPSA) is 96.0 Å². The zero-order valence-electron chi connectivity index (χ0n) is 12.1. The van der Waals surface area contributed by atoms with Gasteiger partial charge in [-0.05, 0) is 17.2 Å². The van der Waals surface area contributed by atoms with Gasteiger partial charge in [-0.1, -0.05) is 42.5 Å². The molecule has 0 unspecified atom stereocenters. The van der Waals surface area contributed by atoms with Crippen molar-refractivity contribution in [3.8, 4) is 6.07 Å². The van der Waals surface area contributed by atoms with E-state index in [0.29, 0.717) is 12.1 Å². The second-order valence-corrected chi connectivity index (χ2v) is 4.69. The number of carbonyl (C=O) groups excluding carboxylic acids is 1. The van der Waals surface area contributed by atoms with Crippen LogP contribution in [0.1, 0.15) is 11.1 Å². The summed E-state index contributed by atoms with van der Waals surface area (Å²) in [5.74, 6) is -0.525. The van der Waals surface area contributed by atoms with Crippen molar-refractivity contribution >= 4 is 17.7 Å². The molecule has 2 aromatic rings. The Morgan fingerprint density at radius 2 is 1.96 bits per heavy atom. The van der Waals surface area contributed by atoms with Crippen LogP contribution in [0.2, 0.25) is 0 Å². The number of nitrogens with zero attached hydrogens (tertiary/aromatic N) is 2. The minimum Gasteiger partial charge on any atom is -0.347 e. The maximum atomic E-state index is 12.0. The number of nitriles is 1. The first-order valence-electron chi connectivity index (χ1n) is 6.78. The molecule has 114 valence electrons. The molecular weight excluding hydrogens is 294 g/mol.